The second kappa shape index (κ2) is 8.87. The van der Waals surface area contributed by atoms with Gasteiger partial charge in [-0.25, -0.2) is 0 Å². The van der Waals surface area contributed by atoms with Crippen LogP contribution in [0.5, 0.6) is 5.75 Å². The lowest BCUT2D eigenvalue weighted by Gasteiger charge is -2.10. The van der Waals surface area contributed by atoms with Crippen molar-refractivity contribution in [1.82, 2.24) is 0 Å². The van der Waals surface area contributed by atoms with E-state index in [1.54, 1.807) is 18.9 Å². The van der Waals surface area contributed by atoms with Crippen LogP contribution in [-0.2, 0) is 5.75 Å². The Labute approximate surface area is 119 Å². The first-order valence-corrected chi connectivity index (χ1v) is 7.32. The molecule has 1 atom stereocenters. The fourth-order valence-corrected chi connectivity index (χ4v) is 2.60. The van der Waals surface area contributed by atoms with E-state index in [4.69, 9.17) is 14.9 Å². The molecule has 1 aromatic carbocycles. The lowest BCUT2D eigenvalue weighted by atomic mass is 10.1. The predicted octanol–water partition coefficient (Wildman–Crippen LogP) is 1.90. The van der Waals surface area contributed by atoms with E-state index in [9.17, 15) is 0 Å². The highest BCUT2D eigenvalue weighted by Crippen LogP contribution is 2.25. The normalized spacial score (nSPS) is 11.6. The molecule has 0 fully saturated rings. The number of rotatable bonds is 6. The van der Waals surface area contributed by atoms with Gasteiger partial charge in [0.05, 0.1) is 7.11 Å². The first-order chi connectivity index (χ1) is 9.21. The van der Waals surface area contributed by atoms with E-state index in [1.807, 2.05) is 25.1 Å². The van der Waals surface area contributed by atoms with Crippen molar-refractivity contribution in [2.75, 3.05) is 26.1 Å². The number of methoxy groups -OCH3 is 1. The molecule has 0 radical (unpaired) electrons. The van der Waals surface area contributed by atoms with E-state index >= 15 is 0 Å². The Morgan fingerprint density at radius 1 is 1.37 bits per heavy atom. The molecule has 19 heavy (non-hydrogen) atoms. The number of aliphatic hydroxyl groups excluding tert-OH is 2. The fourth-order valence-electron chi connectivity index (χ4n) is 1.53. The molecular weight excluding hydrogens is 260 g/mol. The first-order valence-electron chi connectivity index (χ1n) is 6.16. The van der Waals surface area contributed by atoms with E-state index in [1.165, 1.54) is 0 Å². The number of hydrogen-bond donors (Lipinski definition) is 2. The van der Waals surface area contributed by atoms with Crippen molar-refractivity contribution in [3.63, 3.8) is 0 Å². The molecule has 4 heteroatoms. The van der Waals surface area contributed by atoms with Gasteiger partial charge in [0.15, 0.2) is 0 Å². The van der Waals surface area contributed by atoms with Gasteiger partial charge in [-0.05, 0) is 29.9 Å². The lowest BCUT2D eigenvalue weighted by molar-refractivity contribution is 0.250. The molecule has 0 spiro atoms. The second-order valence-electron chi connectivity index (χ2n) is 4.29. The van der Waals surface area contributed by atoms with Crippen LogP contribution in [0, 0.1) is 17.8 Å². The van der Waals surface area contributed by atoms with Crippen molar-refractivity contribution in [2.45, 2.75) is 12.7 Å². The maximum atomic E-state index is 8.99. The number of thioether (sulfide) groups is 1. The highest BCUT2D eigenvalue weighted by molar-refractivity contribution is 7.98. The molecule has 0 heterocycles. The summed E-state index contributed by atoms with van der Waals surface area (Å²) >= 11 is 1.76. The summed E-state index contributed by atoms with van der Waals surface area (Å²) in [6.07, 6.45) is 0. The van der Waals surface area contributed by atoms with Gasteiger partial charge in [0, 0.05) is 23.5 Å². The van der Waals surface area contributed by atoms with Crippen LogP contribution >= 0.6 is 11.8 Å². The summed E-state index contributed by atoms with van der Waals surface area (Å²) in [5.74, 6) is 8.41. The van der Waals surface area contributed by atoms with E-state index in [2.05, 4.69) is 11.8 Å². The zero-order chi connectivity index (χ0) is 14.1. The number of hydrogen-bond acceptors (Lipinski definition) is 4. The minimum absolute atomic E-state index is 0.135. The first kappa shape index (κ1) is 15.9. The summed E-state index contributed by atoms with van der Waals surface area (Å²) in [6, 6.07) is 5.76. The van der Waals surface area contributed by atoms with Gasteiger partial charge in [0.2, 0.25) is 0 Å². The van der Waals surface area contributed by atoms with Gasteiger partial charge in [0.1, 0.15) is 12.4 Å². The summed E-state index contributed by atoms with van der Waals surface area (Å²) in [4.78, 5) is 0. The Balaban J connectivity index is 2.72. The minimum atomic E-state index is -0.135. The number of benzene rings is 1. The Morgan fingerprint density at radius 2 is 2.16 bits per heavy atom. The van der Waals surface area contributed by atoms with Gasteiger partial charge < -0.3 is 14.9 Å². The molecule has 0 saturated carbocycles. The standard InChI is InChI=1S/C15H20O3S/c1-12(9-17)10-19-11-14-8-13(4-3-7-16)5-6-15(14)18-2/h5-6,8,12,16-17H,7,9-11H2,1-2H3. The molecule has 0 saturated heterocycles. The molecule has 2 N–H and O–H groups in total. The van der Waals surface area contributed by atoms with Gasteiger partial charge in [0.25, 0.3) is 0 Å². The fraction of sp³-hybridized carbons (Fsp3) is 0.467. The zero-order valence-corrected chi connectivity index (χ0v) is 12.2. The van der Waals surface area contributed by atoms with E-state index in [0.29, 0.717) is 5.92 Å². The summed E-state index contributed by atoms with van der Waals surface area (Å²) in [5.41, 5.74) is 1.96. The van der Waals surface area contributed by atoms with Gasteiger partial charge in [-0.3, -0.25) is 0 Å². The van der Waals surface area contributed by atoms with E-state index in [-0.39, 0.29) is 13.2 Å². The van der Waals surface area contributed by atoms with Crippen LogP contribution in [0.4, 0.5) is 0 Å². The average molecular weight is 280 g/mol. The van der Waals surface area contributed by atoms with Crippen LogP contribution in [0.25, 0.3) is 0 Å². The van der Waals surface area contributed by atoms with Crippen LogP contribution in [0.15, 0.2) is 18.2 Å². The summed E-state index contributed by atoms with van der Waals surface area (Å²) in [7, 11) is 1.65. The van der Waals surface area contributed by atoms with Crippen LogP contribution in [0.3, 0.4) is 0 Å². The molecule has 3 nitrogen and oxygen atoms in total. The molecule has 0 aliphatic heterocycles. The van der Waals surface area contributed by atoms with Crippen LogP contribution in [-0.4, -0.2) is 36.3 Å². The topological polar surface area (TPSA) is 49.7 Å². The summed E-state index contributed by atoms with van der Waals surface area (Å²) < 4.78 is 5.33. The van der Waals surface area contributed by atoms with Gasteiger partial charge in [-0.2, -0.15) is 11.8 Å². The van der Waals surface area contributed by atoms with Crippen LogP contribution in [0.2, 0.25) is 0 Å². The maximum absolute atomic E-state index is 8.99. The van der Waals surface area contributed by atoms with E-state index < -0.39 is 0 Å². The molecule has 0 aliphatic rings. The van der Waals surface area contributed by atoms with Crippen LogP contribution in [0.1, 0.15) is 18.1 Å². The Hall–Kier alpha value is -1.15. The van der Waals surface area contributed by atoms with Gasteiger partial charge in [-0.1, -0.05) is 18.8 Å². The van der Waals surface area contributed by atoms with Crippen molar-refractivity contribution in [1.29, 1.82) is 0 Å². The lowest BCUT2D eigenvalue weighted by Crippen LogP contribution is -2.03. The van der Waals surface area contributed by atoms with Crippen LogP contribution < -0.4 is 4.74 Å². The Kier molecular flexibility index (Phi) is 7.42. The molecule has 0 aromatic heterocycles. The second-order valence-corrected chi connectivity index (χ2v) is 5.32. The highest BCUT2D eigenvalue weighted by Gasteiger charge is 2.06. The largest absolute Gasteiger partial charge is 0.496 e. The van der Waals surface area contributed by atoms with Crippen molar-refractivity contribution in [3.05, 3.63) is 29.3 Å². The maximum Gasteiger partial charge on any atom is 0.122 e. The molecule has 0 bridgehead atoms. The summed E-state index contributed by atoms with van der Waals surface area (Å²) in [5, 5.41) is 17.7. The molecule has 1 aromatic rings. The molecule has 0 amide bonds. The summed E-state index contributed by atoms with van der Waals surface area (Å²) in [6.45, 7) is 2.10. The molecule has 1 unspecified atom stereocenters. The van der Waals surface area contributed by atoms with E-state index in [0.717, 1.165) is 28.4 Å². The number of aliphatic hydroxyl groups is 2. The van der Waals surface area contributed by atoms with Crippen molar-refractivity contribution < 1.29 is 14.9 Å². The molecule has 0 aliphatic carbocycles. The van der Waals surface area contributed by atoms with Crippen molar-refractivity contribution in [3.8, 4) is 17.6 Å². The molecule has 1 rings (SSSR count). The molecular formula is C15H20O3S. The van der Waals surface area contributed by atoms with Crippen molar-refractivity contribution in [2.24, 2.45) is 5.92 Å². The smallest absolute Gasteiger partial charge is 0.122 e. The average Bonchev–Trinajstić information content (AvgIpc) is 2.45. The Morgan fingerprint density at radius 3 is 2.79 bits per heavy atom. The Bertz CT molecular complexity index is 448. The zero-order valence-electron chi connectivity index (χ0n) is 11.3. The highest BCUT2D eigenvalue weighted by atomic mass is 32.2. The SMILES string of the molecule is COc1ccc(C#CCO)cc1CSCC(C)CO. The number of ether oxygens (including phenoxy) is 1. The third kappa shape index (κ3) is 5.56. The quantitative estimate of drug-likeness (QED) is 0.782. The predicted molar refractivity (Wildman–Crippen MR) is 79.4 cm³/mol. The molecule has 104 valence electrons. The van der Waals surface area contributed by atoms with Gasteiger partial charge >= 0.3 is 0 Å². The minimum Gasteiger partial charge on any atom is -0.496 e. The third-order valence-electron chi connectivity index (χ3n) is 2.56. The van der Waals surface area contributed by atoms with Crippen molar-refractivity contribution >= 4 is 11.8 Å². The monoisotopic (exact) mass is 280 g/mol. The third-order valence-corrected chi connectivity index (χ3v) is 3.88. The van der Waals surface area contributed by atoms with Gasteiger partial charge in [-0.15, -0.1) is 0 Å².